The summed E-state index contributed by atoms with van der Waals surface area (Å²) in [7, 11) is 0. The van der Waals surface area contributed by atoms with Crippen LogP contribution in [0.5, 0.6) is 5.75 Å². The Labute approximate surface area is 71.8 Å². The lowest BCUT2D eigenvalue weighted by atomic mass is 10.3. The molecule has 1 rings (SSSR count). The van der Waals surface area contributed by atoms with Crippen LogP contribution < -0.4 is 4.74 Å². The Morgan fingerprint density at radius 3 is 2.62 bits per heavy atom. The minimum absolute atomic E-state index is 0.266. The zero-order valence-corrected chi connectivity index (χ0v) is 6.38. The lowest BCUT2D eigenvalue weighted by Crippen LogP contribution is -2.17. The average Bonchev–Trinajstić information content (AvgIpc) is 2.01. The van der Waals surface area contributed by atoms with Gasteiger partial charge in [-0.15, -0.1) is 13.2 Å². The molecule has 0 saturated heterocycles. The normalized spacial score (nSPS) is 11.4. The van der Waals surface area contributed by atoms with Crippen LogP contribution in [-0.2, 0) is 6.61 Å². The van der Waals surface area contributed by atoms with E-state index in [9.17, 15) is 13.2 Å². The van der Waals surface area contributed by atoms with Crippen LogP contribution in [0.25, 0.3) is 0 Å². The highest BCUT2D eigenvalue weighted by Crippen LogP contribution is 2.22. The van der Waals surface area contributed by atoms with Crippen molar-refractivity contribution in [1.29, 1.82) is 0 Å². The summed E-state index contributed by atoms with van der Waals surface area (Å²) in [5.74, 6) is -0.431. The first-order valence-corrected chi connectivity index (χ1v) is 3.32. The highest BCUT2D eigenvalue weighted by atomic mass is 19.4. The third kappa shape index (κ3) is 3.29. The van der Waals surface area contributed by atoms with Crippen LogP contribution in [0.3, 0.4) is 0 Å². The fourth-order valence-electron chi connectivity index (χ4n) is 0.740. The van der Waals surface area contributed by atoms with Crippen molar-refractivity contribution in [3.63, 3.8) is 0 Å². The van der Waals surface area contributed by atoms with E-state index in [0.29, 0.717) is 0 Å². The van der Waals surface area contributed by atoms with Gasteiger partial charge in [-0.2, -0.15) is 0 Å². The maximum atomic E-state index is 11.7. The van der Waals surface area contributed by atoms with Crippen LogP contribution in [0.15, 0.2) is 18.5 Å². The lowest BCUT2D eigenvalue weighted by Gasteiger charge is -2.08. The molecule has 0 bridgehead atoms. The number of rotatable bonds is 2. The Balaban J connectivity index is 2.78. The second-order valence-corrected chi connectivity index (χ2v) is 2.23. The van der Waals surface area contributed by atoms with Crippen molar-refractivity contribution in [2.75, 3.05) is 0 Å². The van der Waals surface area contributed by atoms with Crippen LogP contribution in [0, 0.1) is 0 Å². The molecule has 0 saturated carbocycles. The largest absolute Gasteiger partial charge is 0.573 e. The van der Waals surface area contributed by atoms with Gasteiger partial charge >= 0.3 is 6.36 Å². The Morgan fingerprint density at radius 2 is 2.08 bits per heavy atom. The monoisotopic (exact) mass is 193 g/mol. The Morgan fingerprint density at radius 1 is 1.38 bits per heavy atom. The molecule has 13 heavy (non-hydrogen) atoms. The quantitative estimate of drug-likeness (QED) is 0.773. The van der Waals surface area contributed by atoms with Gasteiger partial charge in [-0.05, 0) is 11.6 Å². The highest BCUT2D eigenvalue weighted by molar-refractivity contribution is 5.22. The predicted molar refractivity (Wildman–Crippen MR) is 36.8 cm³/mol. The first-order valence-electron chi connectivity index (χ1n) is 3.32. The standard InChI is InChI=1S/C7H6F3NO2/c8-7(9,10)13-6-1-5(4-12)2-11-3-6/h1-3,12H,4H2. The number of pyridine rings is 1. The first-order chi connectivity index (χ1) is 6.01. The molecule has 72 valence electrons. The molecule has 1 aromatic heterocycles. The lowest BCUT2D eigenvalue weighted by molar-refractivity contribution is -0.274. The van der Waals surface area contributed by atoms with Gasteiger partial charge in [0.25, 0.3) is 0 Å². The summed E-state index contributed by atoms with van der Waals surface area (Å²) >= 11 is 0. The molecular formula is C7H6F3NO2. The molecule has 0 unspecified atom stereocenters. The van der Waals surface area contributed by atoms with Crippen molar-refractivity contribution < 1.29 is 23.0 Å². The highest BCUT2D eigenvalue weighted by Gasteiger charge is 2.31. The second-order valence-electron chi connectivity index (χ2n) is 2.23. The van der Waals surface area contributed by atoms with Crippen LogP contribution in [0.4, 0.5) is 13.2 Å². The van der Waals surface area contributed by atoms with E-state index in [0.717, 1.165) is 12.3 Å². The van der Waals surface area contributed by atoms with Crippen molar-refractivity contribution in [3.05, 3.63) is 24.0 Å². The fourth-order valence-corrected chi connectivity index (χ4v) is 0.740. The van der Waals surface area contributed by atoms with Crippen molar-refractivity contribution in [2.24, 2.45) is 0 Å². The third-order valence-electron chi connectivity index (χ3n) is 1.19. The summed E-state index contributed by atoms with van der Waals surface area (Å²) < 4.78 is 38.6. The van der Waals surface area contributed by atoms with E-state index in [2.05, 4.69) is 9.72 Å². The number of aromatic nitrogens is 1. The van der Waals surface area contributed by atoms with Crippen LogP contribution in [0.1, 0.15) is 5.56 Å². The van der Waals surface area contributed by atoms with E-state index >= 15 is 0 Å². The second kappa shape index (κ2) is 3.61. The van der Waals surface area contributed by atoms with Gasteiger partial charge in [-0.1, -0.05) is 0 Å². The van der Waals surface area contributed by atoms with Gasteiger partial charge in [-0.25, -0.2) is 0 Å². The molecule has 0 atom stereocenters. The van der Waals surface area contributed by atoms with E-state index in [-0.39, 0.29) is 12.2 Å². The molecule has 0 fully saturated rings. The van der Waals surface area contributed by atoms with E-state index < -0.39 is 12.1 Å². The van der Waals surface area contributed by atoms with E-state index in [1.165, 1.54) is 6.20 Å². The van der Waals surface area contributed by atoms with Crippen molar-refractivity contribution in [1.82, 2.24) is 4.98 Å². The SMILES string of the molecule is OCc1cncc(OC(F)(F)F)c1. The summed E-state index contributed by atoms with van der Waals surface area (Å²) in [5.41, 5.74) is 0.266. The number of aliphatic hydroxyl groups excluding tert-OH is 1. The van der Waals surface area contributed by atoms with Gasteiger partial charge < -0.3 is 9.84 Å². The molecule has 0 aliphatic heterocycles. The molecule has 1 N–H and O–H groups in total. The van der Waals surface area contributed by atoms with Crippen LogP contribution in [0.2, 0.25) is 0 Å². The summed E-state index contributed by atoms with van der Waals surface area (Å²) in [6.07, 6.45) is -2.55. The van der Waals surface area contributed by atoms with Gasteiger partial charge in [0.05, 0.1) is 12.8 Å². The Bertz CT molecular complexity index is 287. The number of nitrogens with zero attached hydrogens (tertiary/aromatic N) is 1. The maximum Gasteiger partial charge on any atom is 0.573 e. The third-order valence-corrected chi connectivity index (χ3v) is 1.19. The molecule has 3 nitrogen and oxygen atoms in total. The van der Waals surface area contributed by atoms with Crippen molar-refractivity contribution in [2.45, 2.75) is 13.0 Å². The molecule has 0 spiro atoms. The molecular weight excluding hydrogens is 187 g/mol. The smallest absolute Gasteiger partial charge is 0.404 e. The van der Waals surface area contributed by atoms with E-state index in [4.69, 9.17) is 5.11 Å². The Hall–Kier alpha value is -1.30. The molecule has 0 aromatic carbocycles. The summed E-state index contributed by atoms with van der Waals surface area (Å²) in [6, 6.07) is 1.07. The first kappa shape index (κ1) is 9.79. The maximum absolute atomic E-state index is 11.7. The van der Waals surface area contributed by atoms with Gasteiger partial charge in [-0.3, -0.25) is 4.98 Å². The topological polar surface area (TPSA) is 42.4 Å². The minimum atomic E-state index is -4.73. The van der Waals surface area contributed by atoms with Gasteiger partial charge in [0.2, 0.25) is 0 Å². The fraction of sp³-hybridized carbons (Fsp3) is 0.286. The zero-order valence-electron chi connectivity index (χ0n) is 6.38. The van der Waals surface area contributed by atoms with Crippen LogP contribution in [-0.4, -0.2) is 16.5 Å². The van der Waals surface area contributed by atoms with Crippen molar-refractivity contribution in [3.8, 4) is 5.75 Å². The zero-order chi connectivity index (χ0) is 9.90. The minimum Gasteiger partial charge on any atom is -0.404 e. The van der Waals surface area contributed by atoms with Gasteiger partial charge in [0, 0.05) is 6.20 Å². The summed E-state index contributed by atoms with van der Waals surface area (Å²) in [6.45, 7) is -0.373. The summed E-state index contributed by atoms with van der Waals surface area (Å²) in [5, 5.41) is 8.58. The Kier molecular flexibility index (Phi) is 2.72. The molecule has 0 aliphatic rings. The number of hydrogen-bond acceptors (Lipinski definition) is 3. The number of halogens is 3. The number of hydrogen-bond donors (Lipinski definition) is 1. The molecule has 1 heterocycles. The number of aliphatic hydroxyl groups is 1. The molecule has 0 amide bonds. The van der Waals surface area contributed by atoms with E-state index in [1.54, 1.807) is 0 Å². The van der Waals surface area contributed by atoms with Gasteiger partial charge in [0.15, 0.2) is 0 Å². The predicted octanol–water partition coefficient (Wildman–Crippen LogP) is 1.47. The number of alkyl halides is 3. The van der Waals surface area contributed by atoms with Crippen LogP contribution >= 0.6 is 0 Å². The summed E-state index contributed by atoms with van der Waals surface area (Å²) in [4.78, 5) is 3.45. The molecule has 0 aliphatic carbocycles. The average molecular weight is 193 g/mol. The van der Waals surface area contributed by atoms with Gasteiger partial charge in [0.1, 0.15) is 5.75 Å². The van der Waals surface area contributed by atoms with E-state index in [1.807, 2.05) is 0 Å². The number of ether oxygens (including phenoxy) is 1. The molecule has 0 radical (unpaired) electrons. The molecule has 1 aromatic rings. The van der Waals surface area contributed by atoms with Crippen molar-refractivity contribution >= 4 is 0 Å². The molecule has 6 heteroatoms.